The molecule has 0 spiro atoms. The molecule has 0 radical (unpaired) electrons. The van der Waals surface area contributed by atoms with Crippen LogP contribution in [-0.2, 0) is 9.59 Å². The third-order valence-corrected chi connectivity index (χ3v) is 4.29. The topological polar surface area (TPSA) is 52.6 Å². The highest BCUT2D eigenvalue weighted by atomic mass is 16.2. The number of nitrogens with zero attached hydrogens (tertiary/aromatic N) is 2. The van der Waals surface area contributed by atoms with Crippen LogP contribution in [0.3, 0.4) is 0 Å². The predicted molar refractivity (Wildman–Crippen MR) is 103 cm³/mol. The van der Waals surface area contributed by atoms with Crippen LogP contribution < -0.4 is 5.32 Å². The number of rotatable bonds is 4. The number of hydrogen-bond acceptors (Lipinski definition) is 3. The van der Waals surface area contributed by atoms with Gasteiger partial charge in [0.25, 0.3) is 0 Å². The van der Waals surface area contributed by atoms with Crippen LogP contribution in [0, 0.1) is 10.8 Å². The quantitative estimate of drug-likeness (QED) is 0.845. The van der Waals surface area contributed by atoms with Crippen LogP contribution in [0.15, 0.2) is 0 Å². The van der Waals surface area contributed by atoms with Gasteiger partial charge in [-0.1, -0.05) is 41.5 Å². The summed E-state index contributed by atoms with van der Waals surface area (Å²) in [5, 5.41) is 3.41. The summed E-state index contributed by atoms with van der Waals surface area (Å²) >= 11 is 0. The van der Waals surface area contributed by atoms with Gasteiger partial charge >= 0.3 is 0 Å². The smallest absolute Gasteiger partial charge is 0.242 e. The van der Waals surface area contributed by atoms with Crippen molar-refractivity contribution < 1.29 is 9.59 Å². The lowest BCUT2D eigenvalue weighted by molar-refractivity contribution is -0.147. The molecular weight excluding hydrogens is 314 g/mol. The van der Waals surface area contributed by atoms with E-state index in [0.29, 0.717) is 26.2 Å². The molecule has 25 heavy (non-hydrogen) atoms. The average molecular weight is 354 g/mol. The lowest BCUT2D eigenvalue weighted by Gasteiger charge is -2.48. The van der Waals surface area contributed by atoms with Crippen molar-refractivity contribution in [3.63, 3.8) is 0 Å². The first-order chi connectivity index (χ1) is 10.9. The van der Waals surface area contributed by atoms with Crippen LogP contribution in [0.25, 0.3) is 0 Å². The van der Waals surface area contributed by atoms with E-state index in [-0.39, 0.29) is 22.8 Å². The summed E-state index contributed by atoms with van der Waals surface area (Å²) in [5.74, 6) is 0.245. The first kappa shape index (κ1) is 21.9. The summed E-state index contributed by atoms with van der Waals surface area (Å²) in [5.41, 5.74) is -1.12. The lowest BCUT2D eigenvalue weighted by Crippen LogP contribution is -2.70. The van der Waals surface area contributed by atoms with Gasteiger partial charge in [-0.15, -0.1) is 0 Å². The molecule has 0 unspecified atom stereocenters. The molecule has 1 saturated heterocycles. The Hall–Kier alpha value is -1.10. The Kier molecular flexibility index (Phi) is 6.05. The molecule has 1 aliphatic heterocycles. The van der Waals surface area contributed by atoms with Gasteiger partial charge in [-0.3, -0.25) is 14.9 Å². The second kappa shape index (κ2) is 6.90. The van der Waals surface area contributed by atoms with Crippen molar-refractivity contribution >= 4 is 11.8 Å². The second-order valence-electron chi connectivity index (χ2n) is 10.9. The molecule has 0 saturated carbocycles. The summed E-state index contributed by atoms with van der Waals surface area (Å²) in [6.45, 7) is 22.8. The van der Waals surface area contributed by atoms with E-state index in [9.17, 15) is 9.59 Å². The van der Waals surface area contributed by atoms with Crippen molar-refractivity contribution in [1.82, 2.24) is 15.1 Å². The van der Waals surface area contributed by atoms with Crippen LogP contribution in [0.4, 0.5) is 0 Å². The minimum absolute atomic E-state index is 0.0207. The fraction of sp³-hybridized carbons (Fsp3) is 0.900. The number of carbonyl (C=O) groups is 2. The molecule has 1 aliphatic rings. The van der Waals surface area contributed by atoms with Crippen LogP contribution in [-0.4, -0.2) is 58.9 Å². The molecule has 0 aromatic rings. The maximum atomic E-state index is 12.9. The zero-order chi connectivity index (χ0) is 19.8. The molecule has 0 atom stereocenters. The first-order valence-corrected chi connectivity index (χ1v) is 9.33. The highest BCUT2D eigenvalue weighted by molar-refractivity contribution is 5.87. The van der Waals surface area contributed by atoms with Gasteiger partial charge in [-0.25, -0.2) is 0 Å². The highest BCUT2D eigenvalue weighted by Gasteiger charge is 2.43. The van der Waals surface area contributed by atoms with Gasteiger partial charge in [0.05, 0.1) is 5.54 Å². The molecular formula is C20H39N3O2. The third-order valence-electron chi connectivity index (χ3n) is 4.29. The SMILES string of the molecule is CC(C)(C)CN(CCN1CC(C)(C)NC(C)(C)C1=O)C(=O)C(C)(C)C. The molecule has 1 rings (SSSR count). The van der Waals surface area contributed by atoms with Crippen molar-refractivity contribution in [2.75, 3.05) is 26.2 Å². The predicted octanol–water partition coefficient (Wildman–Crippen LogP) is 2.90. The molecule has 5 nitrogen and oxygen atoms in total. The summed E-state index contributed by atoms with van der Waals surface area (Å²) in [6.07, 6.45) is 0. The summed E-state index contributed by atoms with van der Waals surface area (Å²) in [6, 6.07) is 0. The van der Waals surface area contributed by atoms with E-state index in [1.165, 1.54) is 0 Å². The van der Waals surface area contributed by atoms with Crippen molar-refractivity contribution in [1.29, 1.82) is 0 Å². The van der Waals surface area contributed by atoms with E-state index in [2.05, 4.69) is 39.9 Å². The minimum atomic E-state index is -0.579. The van der Waals surface area contributed by atoms with E-state index in [4.69, 9.17) is 0 Å². The molecule has 2 amide bonds. The van der Waals surface area contributed by atoms with Crippen molar-refractivity contribution in [2.45, 2.75) is 80.3 Å². The molecule has 5 heteroatoms. The second-order valence-corrected chi connectivity index (χ2v) is 10.9. The van der Waals surface area contributed by atoms with Crippen molar-refractivity contribution in [3.8, 4) is 0 Å². The molecule has 146 valence electrons. The Morgan fingerprint density at radius 1 is 1.12 bits per heavy atom. The molecule has 1 heterocycles. The van der Waals surface area contributed by atoms with E-state index in [1.54, 1.807) is 0 Å². The van der Waals surface area contributed by atoms with E-state index in [0.717, 1.165) is 0 Å². The molecule has 0 aromatic heterocycles. The van der Waals surface area contributed by atoms with E-state index < -0.39 is 11.0 Å². The van der Waals surface area contributed by atoms with Gasteiger partial charge in [0.2, 0.25) is 11.8 Å². The number of carbonyl (C=O) groups excluding carboxylic acids is 2. The molecule has 1 fully saturated rings. The Morgan fingerprint density at radius 3 is 2.08 bits per heavy atom. The first-order valence-electron chi connectivity index (χ1n) is 9.33. The minimum Gasteiger partial charge on any atom is -0.340 e. The normalized spacial score (nSPS) is 20.6. The fourth-order valence-corrected chi connectivity index (χ4v) is 3.60. The monoisotopic (exact) mass is 353 g/mol. The molecule has 0 bridgehead atoms. The van der Waals surface area contributed by atoms with Gasteiger partial charge in [-0.2, -0.15) is 0 Å². The number of nitrogens with one attached hydrogen (secondary N) is 1. The number of hydrogen-bond donors (Lipinski definition) is 1. The Labute approximate surface area is 154 Å². The van der Waals surface area contributed by atoms with Gasteiger partial charge in [0, 0.05) is 37.1 Å². The van der Waals surface area contributed by atoms with Crippen LogP contribution in [0.5, 0.6) is 0 Å². The maximum Gasteiger partial charge on any atom is 0.242 e. The number of piperazine rings is 1. The van der Waals surface area contributed by atoms with Gasteiger partial charge < -0.3 is 9.80 Å². The zero-order valence-electron chi connectivity index (χ0n) is 18.0. The van der Waals surface area contributed by atoms with Gasteiger partial charge in [-0.05, 0) is 33.1 Å². The average Bonchev–Trinajstić information content (AvgIpc) is 2.35. The van der Waals surface area contributed by atoms with Crippen molar-refractivity contribution in [3.05, 3.63) is 0 Å². The van der Waals surface area contributed by atoms with Crippen molar-refractivity contribution in [2.24, 2.45) is 10.8 Å². The largest absolute Gasteiger partial charge is 0.340 e. The zero-order valence-corrected chi connectivity index (χ0v) is 18.0. The van der Waals surface area contributed by atoms with E-state index in [1.807, 2.05) is 44.4 Å². The molecule has 0 aliphatic carbocycles. The van der Waals surface area contributed by atoms with Gasteiger partial charge in [0.1, 0.15) is 0 Å². The third kappa shape index (κ3) is 6.28. The summed E-state index contributed by atoms with van der Waals surface area (Å²) < 4.78 is 0. The lowest BCUT2D eigenvalue weighted by atomic mass is 9.90. The molecule has 0 aromatic carbocycles. The maximum absolute atomic E-state index is 12.9. The van der Waals surface area contributed by atoms with Crippen LogP contribution in [0.2, 0.25) is 0 Å². The Bertz CT molecular complexity index is 510. The van der Waals surface area contributed by atoms with Gasteiger partial charge in [0.15, 0.2) is 0 Å². The van der Waals surface area contributed by atoms with Crippen LogP contribution in [0.1, 0.15) is 69.2 Å². The number of amides is 2. The summed E-state index contributed by atoms with van der Waals surface area (Å²) in [4.78, 5) is 29.5. The summed E-state index contributed by atoms with van der Waals surface area (Å²) in [7, 11) is 0. The fourth-order valence-electron chi connectivity index (χ4n) is 3.60. The Morgan fingerprint density at radius 2 is 1.64 bits per heavy atom. The van der Waals surface area contributed by atoms with Crippen LogP contribution >= 0.6 is 0 Å². The Balaban J connectivity index is 2.91. The standard InChI is InChI=1S/C20H39N3O2/c1-17(2,3)13-22(15(24)18(4,5)6)11-12-23-14-19(7,8)21-20(9,10)16(23)25/h21H,11-14H2,1-10H3. The molecule has 1 N–H and O–H groups in total. The van der Waals surface area contributed by atoms with E-state index >= 15 is 0 Å². The highest BCUT2D eigenvalue weighted by Crippen LogP contribution is 2.24.